The van der Waals surface area contributed by atoms with Crippen molar-refractivity contribution in [2.45, 2.75) is 0 Å². The van der Waals surface area contributed by atoms with E-state index in [4.69, 9.17) is 12.2 Å². The molecule has 0 radical (unpaired) electrons. The second kappa shape index (κ2) is 2.83. The highest BCUT2D eigenvalue weighted by atomic mass is 32.1. The summed E-state index contributed by atoms with van der Waals surface area (Å²) in [5.74, 6) is 0. The molecule has 3 rings (SSSR count). The lowest BCUT2D eigenvalue weighted by molar-refractivity contribution is 1.15. The maximum Gasteiger partial charge on any atom is 0.196 e. The van der Waals surface area contributed by atoms with Crippen LogP contribution in [0.3, 0.4) is 0 Å². The van der Waals surface area contributed by atoms with E-state index in [1.54, 1.807) is 17.5 Å². The fourth-order valence-electron chi connectivity index (χ4n) is 1.42. The molecule has 0 atom stereocenters. The molecule has 0 aliphatic heterocycles. The van der Waals surface area contributed by atoms with Crippen molar-refractivity contribution in [2.75, 3.05) is 0 Å². The topological polar surface area (TPSA) is 30.2 Å². The number of aromatic nitrogens is 3. The quantitative estimate of drug-likeness (QED) is 0.544. The molecule has 0 aliphatic rings. The van der Waals surface area contributed by atoms with E-state index in [-0.39, 0.29) is 0 Å². The molecule has 0 N–H and O–H groups in total. The molecule has 0 aliphatic carbocycles. The molecular formula is C9H5N3S2. The molecule has 0 saturated carbocycles. The van der Waals surface area contributed by atoms with E-state index < -0.39 is 0 Å². The Morgan fingerprint density at radius 1 is 1.43 bits per heavy atom. The predicted octanol–water partition coefficient (Wildman–Crippen LogP) is 2.67. The Labute approximate surface area is 88.7 Å². The summed E-state index contributed by atoms with van der Waals surface area (Å²) >= 11 is 6.75. The summed E-state index contributed by atoms with van der Waals surface area (Å²) in [6, 6.07) is 3.82. The van der Waals surface area contributed by atoms with Crippen molar-refractivity contribution >= 4 is 39.5 Å². The minimum Gasteiger partial charge on any atom is -0.276 e. The third kappa shape index (κ3) is 0.995. The number of nitrogens with zero attached hydrogens (tertiary/aromatic N) is 3. The van der Waals surface area contributed by atoms with Gasteiger partial charge >= 0.3 is 0 Å². The Morgan fingerprint density at radius 2 is 2.36 bits per heavy atom. The van der Waals surface area contributed by atoms with Gasteiger partial charge in [-0.25, -0.2) is 9.97 Å². The van der Waals surface area contributed by atoms with Gasteiger partial charge in [0.05, 0.1) is 5.39 Å². The van der Waals surface area contributed by atoms with Crippen molar-refractivity contribution in [3.63, 3.8) is 0 Å². The Balaban J connectivity index is 2.74. The van der Waals surface area contributed by atoms with Crippen LogP contribution in [0.2, 0.25) is 0 Å². The predicted molar refractivity (Wildman–Crippen MR) is 59.2 cm³/mol. The van der Waals surface area contributed by atoms with Gasteiger partial charge in [-0.15, -0.1) is 11.3 Å². The lowest BCUT2D eigenvalue weighted by Gasteiger charge is -1.98. The van der Waals surface area contributed by atoms with Crippen LogP contribution in [0, 0.1) is 4.64 Å². The lowest BCUT2D eigenvalue weighted by Crippen LogP contribution is -1.92. The van der Waals surface area contributed by atoms with Crippen molar-refractivity contribution in [3.05, 3.63) is 34.5 Å². The summed E-state index contributed by atoms with van der Waals surface area (Å²) in [6.45, 7) is 0. The smallest absolute Gasteiger partial charge is 0.196 e. The van der Waals surface area contributed by atoms with Gasteiger partial charge in [0, 0.05) is 17.8 Å². The molecule has 0 bridgehead atoms. The van der Waals surface area contributed by atoms with Gasteiger partial charge in [-0.05, 0) is 12.1 Å². The molecule has 0 aromatic carbocycles. The van der Waals surface area contributed by atoms with E-state index in [0.717, 1.165) is 16.0 Å². The maximum atomic E-state index is 5.19. The van der Waals surface area contributed by atoms with Gasteiger partial charge in [-0.3, -0.25) is 4.40 Å². The molecule has 0 unspecified atom stereocenters. The zero-order chi connectivity index (χ0) is 9.54. The van der Waals surface area contributed by atoms with Crippen molar-refractivity contribution in [2.24, 2.45) is 0 Å². The van der Waals surface area contributed by atoms with E-state index in [1.807, 2.05) is 28.1 Å². The molecule has 68 valence electrons. The lowest BCUT2D eigenvalue weighted by atomic mass is 10.3. The molecule has 3 heterocycles. The summed E-state index contributed by atoms with van der Waals surface area (Å²) in [5, 5.41) is 2.91. The molecule has 0 amide bonds. The Kier molecular flexibility index (Phi) is 1.62. The number of hydrogen-bond acceptors (Lipinski definition) is 4. The minimum absolute atomic E-state index is 0.621. The van der Waals surface area contributed by atoms with Gasteiger partial charge in [0.1, 0.15) is 10.3 Å². The zero-order valence-corrected chi connectivity index (χ0v) is 8.68. The second-order valence-corrected chi connectivity index (χ2v) is 4.11. The highest BCUT2D eigenvalue weighted by Gasteiger charge is 2.03. The molecule has 0 saturated heterocycles. The molecule has 0 fully saturated rings. The largest absolute Gasteiger partial charge is 0.276 e. The highest BCUT2D eigenvalue weighted by Crippen LogP contribution is 2.17. The number of thiazole rings is 1. The molecule has 5 heteroatoms. The van der Waals surface area contributed by atoms with Gasteiger partial charge in [0.25, 0.3) is 0 Å². The van der Waals surface area contributed by atoms with Crippen molar-refractivity contribution in [1.82, 2.24) is 14.4 Å². The normalized spacial score (nSPS) is 11.1. The van der Waals surface area contributed by atoms with Crippen LogP contribution in [0.25, 0.3) is 16.0 Å². The molecule has 3 aromatic heterocycles. The molecule has 14 heavy (non-hydrogen) atoms. The number of hydrogen-bond donors (Lipinski definition) is 0. The third-order valence-corrected chi connectivity index (χ3v) is 3.10. The van der Waals surface area contributed by atoms with Gasteiger partial charge < -0.3 is 0 Å². The molecule has 3 aromatic rings. The number of pyridine rings is 1. The summed E-state index contributed by atoms with van der Waals surface area (Å²) in [5.41, 5.74) is 0.878. The standard InChI is InChI=1S/C9H5N3S2/c13-8-6-2-1-3-10-7(6)12-4-5-14-9(12)11-8/h1-5H. The third-order valence-electron chi connectivity index (χ3n) is 2.03. The first-order chi connectivity index (χ1) is 6.86. The van der Waals surface area contributed by atoms with Gasteiger partial charge in [0.2, 0.25) is 0 Å². The van der Waals surface area contributed by atoms with E-state index in [9.17, 15) is 0 Å². The first kappa shape index (κ1) is 8.02. The van der Waals surface area contributed by atoms with E-state index in [1.165, 1.54) is 0 Å². The van der Waals surface area contributed by atoms with Crippen LogP contribution >= 0.6 is 23.6 Å². The average Bonchev–Trinajstić information content (AvgIpc) is 2.66. The van der Waals surface area contributed by atoms with Crippen molar-refractivity contribution in [1.29, 1.82) is 0 Å². The first-order valence-electron chi connectivity index (χ1n) is 4.07. The van der Waals surface area contributed by atoms with Gasteiger partial charge in [-0.2, -0.15) is 0 Å². The van der Waals surface area contributed by atoms with Crippen LogP contribution in [0.5, 0.6) is 0 Å². The monoisotopic (exact) mass is 219 g/mol. The molecular weight excluding hydrogens is 214 g/mol. The summed E-state index contributed by atoms with van der Waals surface area (Å²) < 4.78 is 2.58. The van der Waals surface area contributed by atoms with Crippen LogP contribution in [-0.2, 0) is 0 Å². The zero-order valence-electron chi connectivity index (χ0n) is 7.04. The fourth-order valence-corrected chi connectivity index (χ4v) is 2.43. The minimum atomic E-state index is 0.621. The summed E-state index contributed by atoms with van der Waals surface area (Å²) in [7, 11) is 0. The van der Waals surface area contributed by atoms with Gasteiger partial charge in [-0.1, -0.05) is 12.2 Å². The number of fused-ring (bicyclic) bond motifs is 3. The fraction of sp³-hybridized carbons (Fsp3) is 0. The Hall–Kier alpha value is -1.33. The second-order valence-electron chi connectivity index (χ2n) is 2.85. The van der Waals surface area contributed by atoms with Crippen LogP contribution in [0.1, 0.15) is 0 Å². The average molecular weight is 219 g/mol. The number of rotatable bonds is 0. The van der Waals surface area contributed by atoms with Crippen molar-refractivity contribution in [3.8, 4) is 0 Å². The molecule has 3 nitrogen and oxygen atoms in total. The first-order valence-corrected chi connectivity index (χ1v) is 5.35. The van der Waals surface area contributed by atoms with E-state index >= 15 is 0 Å². The van der Waals surface area contributed by atoms with Crippen molar-refractivity contribution < 1.29 is 0 Å². The maximum absolute atomic E-state index is 5.19. The Morgan fingerprint density at radius 3 is 3.29 bits per heavy atom. The van der Waals surface area contributed by atoms with Gasteiger partial charge in [0.15, 0.2) is 4.96 Å². The summed E-state index contributed by atoms with van der Waals surface area (Å²) in [6.07, 6.45) is 3.72. The highest BCUT2D eigenvalue weighted by molar-refractivity contribution is 7.71. The van der Waals surface area contributed by atoms with E-state index in [0.29, 0.717) is 4.64 Å². The van der Waals surface area contributed by atoms with Crippen LogP contribution in [0.4, 0.5) is 0 Å². The van der Waals surface area contributed by atoms with Crippen LogP contribution in [0.15, 0.2) is 29.9 Å². The summed E-state index contributed by atoms with van der Waals surface area (Å²) in [4.78, 5) is 9.52. The SMILES string of the molecule is S=c1nc2sccn2c2ncccc12. The van der Waals surface area contributed by atoms with Crippen LogP contribution in [-0.4, -0.2) is 14.4 Å². The molecule has 0 spiro atoms. The Bertz CT molecular complexity index is 668. The van der Waals surface area contributed by atoms with E-state index in [2.05, 4.69) is 9.97 Å². The van der Waals surface area contributed by atoms with Crippen LogP contribution < -0.4 is 0 Å².